The first-order chi connectivity index (χ1) is 9.01. The summed E-state index contributed by atoms with van der Waals surface area (Å²) in [5.74, 6) is 0.460. The lowest BCUT2D eigenvalue weighted by Gasteiger charge is -2.07. The first-order valence-corrected chi connectivity index (χ1v) is 6.42. The van der Waals surface area contributed by atoms with E-state index in [2.05, 4.69) is 0 Å². The summed E-state index contributed by atoms with van der Waals surface area (Å²) in [6.45, 7) is 1.89. The molecule has 2 rings (SSSR count). The van der Waals surface area contributed by atoms with Gasteiger partial charge in [0.2, 0.25) is 0 Å². The molecule has 0 aliphatic heterocycles. The number of hydrogen-bond acceptors (Lipinski definition) is 2. The molecule has 0 aliphatic carbocycles. The number of aryl methyl sites for hydroxylation is 1. The molecule has 0 heterocycles. The van der Waals surface area contributed by atoms with E-state index < -0.39 is 0 Å². The average Bonchev–Trinajstić information content (AvgIpc) is 2.36. The van der Waals surface area contributed by atoms with Gasteiger partial charge in [0, 0.05) is 16.1 Å². The minimum atomic E-state index is -0.154. The van der Waals surface area contributed by atoms with Crippen molar-refractivity contribution in [2.45, 2.75) is 6.92 Å². The fraction of sp³-hybridized carbons (Fsp3) is 0.133. The van der Waals surface area contributed by atoms with Crippen molar-refractivity contribution in [1.82, 2.24) is 0 Å². The Kier molecular flexibility index (Phi) is 4.13. The number of benzene rings is 2. The lowest BCUT2D eigenvalue weighted by Crippen LogP contribution is -2.03. The molecule has 98 valence electrons. The van der Waals surface area contributed by atoms with Crippen LogP contribution in [0.15, 0.2) is 36.4 Å². The van der Waals surface area contributed by atoms with Gasteiger partial charge < -0.3 is 4.74 Å². The van der Waals surface area contributed by atoms with Crippen molar-refractivity contribution >= 4 is 29.0 Å². The minimum absolute atomic E-state index is 0.154. The van der Waals surface area contributed by atoms with Gasteiger partial charge in [-0.25, -0.2) is 0 Å². The molecule has 2 aromatic rings. The fourth-order valence-electron chi connectivity index (χ4n) is 1.83. The summed E-state index contributed by atoms with van der Waals surface area (Å²) in [6.07, 6.45) is 0. The van der Waals surface area contributed by atoms with Crippen LogP contribution in [0, 0.1) is 6.92 Å². The maximum Gasteiger partial charge on any atom is 0.194 e. The molecule has 0 atom stereocenters. The minimum Gasteiger partial charge on any atom is -0.497 e. The topological polar surface area (TPSA) is 26.3 Å². The summed E-state index contributed by atoms with van der Waals surface area (Å²) >= 11 is 12.1. The van der Waals surface area contributed by atoms with Crippen LogP contribution >= 0.6 is 23.2 Å². The van der Waals surface area contributed by atoms with Gasteiger partial charge in [0.25, 0.3) is 0 Å². The summed E-state index contributed by atoms with van der Waals surface area (Å²) in [7, 11) is 1.55. The van der Waals surface area contributed by atoms with Gasteiger partial charge in [-0.05, 0) is 48.9 Å². The highest BCUT2D eigenvalue weighted by Gasteiger charge is 2.14. The Bertz CT molecular complexity index is 616. The largest absolute Gasteiger partial charge is 0.497 e. The maximum atomic E-state index is 12.4. The molecule has 0 spiro atoms. The monoisotopic (exact) mass is 294 g/mol. The van der Waals surface area contributed by atoms with E-state index in [0.717, 1.165) is 5.56 Å². The molecule has 0 unspecified atom stereocenters. The van der Waals surface area contributed by atoms with E-state index in [9.17, 15) is 4.79 Å². The van der Waals surface area contributed by atoms with Crippen molar-refractivity contribution in [3.05, 3.63) is 63.1 Å². The average molecular weight is 295 g/mol. The molecule has 2 aromatic carbocycles. The molecule has 0 fully saturated rings. The van der Waals surface area contributed by atoms with Gasteiger partial charge in [-0.3, -0.25) is 4.79 Å². The van der Waals surface area contributed by atoms with Gasteiger partial charge in [0.15, 0.2) is 5.78 Å². The summed E-state index contributed by atoms with van der Waals surface area (Å²) in [6, 6.07) is 10.2. The van der Waals surface area contributed by atoms with Crippen molar-refractivity contribution in [2.75, 3.05) is 7.11 Å². The van der Waals surface area contributed by atoms with Crippen LogP contribution in [0.1, 0.15) is 21.5 Å². The molecule has 0 radical (unpaired) electrons. The Labute approximate surface area is 121 Å². The first-order valence-electron chi connectivity index (χ1n) is 5.66. The van der Waals surface area contributed by atoms with Gasteiger partial charge >= 0.3 is 0 Å². The SMILES string of the molecule is COc1ccc(C(=O)c2cc(C)cc(Cl)c2)c(Cl)c1. The van der Waals surface area contributed by atoms with E-state index in [-0.39, 0.29) is 5.78 Å². The maximum absolute atomic E-state index is 12.4. The quantitative estimate of drug-likeness (QED) is 0.777. The van der Waals surface area contributed by atoms with Crippen LogP contribution in [0.2, 0.25) is 10.0 Å². The zero-order valence-electron chi connectivity index (χ0n) is 10.5. The van der Waals surface area contributed by atoms with Crippen LogP contribution in [-0.2, 0) is 0 Å². The highest BCUT2D eigenvalue weighted by Crippen LogP contribution is 2.26. The van der Waals surface area contributed by atoms with E-state index in [1.165, 1.54) is 0 Å². The second kappa shape index (κ2) is 5.64. The highest BCUT2D eigenvalue weighted by molar-refractivity contribution is 6.35. The number of methoxy groups -OCH3 is 1. The molecule has 0 aromatic heterocycles. The second-order valence-electron chi connectivity index (χ2n) is 4.19. The van der Waals surface area contributed by atoms with E-state index >= 15 is 0 Å². The molecule has 0 saturated carbocycles. The number of halogens is 2. The van der Waals surface area contributed by atoms with Crippen molar-refractivity contribution in [3.63, 3.8) is 0 Å². The number of carbonyl (C=O) groups is 1. The predicted molar refractivity (Wildman–Crippen MR) is 77.6 cm³/mol. The molecule has 0 N–H and O–H groups in total. The Hall–Kier alpha value is -1.51. The third kappa shape index (κ3) is 3.09. The van der Waals surface area contributed by atoms with Gasteiger partial charge in [-0.15, -0.1) is 0 Å². The Balaban J connectivity index is 2.44. The number of rotatable bonds is 3. The van der Waals surface area contributed by atoms with Crippen LogP contribution in [0.25, 0.3) is 0 Å². The summed E-state index contributed by atoms with van der Waals surface area (Å²) in [5, 5.41) is 0.898. The van der Waals surface area contributed by atoms with Gasteiger partial charge in [0.05, 0.1) is 12.1 Å². The highest BCUT2D eigenvalue weighted by atomic mass is 35.5. The van der Waals surface area contributed by atoms with E-state index in [1.807, 2.05) is 6.92 Å². The molecular formula is C15H12Cl2O2. The normalized spacial score (nSPS) is 10.3. The molecular weight excluding hydrogens is 283 g/mol. The molecule has 0 bridgehead atoms. The fourth-order valence-corrected chi connectivity index (χ4v) is 2.38. The van der Waals surface area contributed by atoms with Crippen LogP contribution in [-0.4, -0.2) is 12.9 Å². The van der Waals surface area contributed by atoms with Crippen LogP contribution < -0.4 is 4.74 Å². The number of ether oxygens (including phenoxy) is 1. The third-order valence-electron chi connectivity index (χ3n) is 2.73. The van der Waals surface area contributed by atoms with Crippen molar-refractivity contribution in [3.8, 4) is 5.75 Å². The standard InChI is InChI=1S/C15H12Cl2O2/c1-9-5-10(7-11(16)6-9)15(18)13-4-3-12(19-2)8-14(13)17/h3-8H,1-2H3. The lowest BCUT2D eigenvalue weighted by molar-refractivity contribution is 0.103. The summed E-state index contributed by atoms with van der Waals surface area (Å²) < 4.78 is 5.06. The smallest absolute Gasteiger partial charge is 0.194 e. The second-order valence-corrected chi connectivity index (χ2v) is 5.04. The van der Waals surface area contributed by atoms with Crippen LogP contribution in [0.5, 0.6) is 5.75 Å². The van der Waals surface area contributed by atoms with E-state index in [0.29, 0.717) is 26.9 Å². The molecule has 4 heteroatoms. The summed E-state index contributed by atoms with van der Waals surface area (Å²) in [5.41, 5.74) is 1.89. The van der Waals surface area contributed by atoms with Gasteiger partial charge in [-0.1, -0.05) is 23.2 Å². The number of ketones is 1. The zero-order valence-corrected chi connectivity index (χ0v) is 12.0. The van der Waals surface area contributed by atoms with Crippen LogP contribution in [0.4, 0.5) is 0 Å². The van der Waals surface area contributed by atoms with E-state index in [1.54, 1.807) is 43.5 Å². The Morgan fingerprint density at radius 2 is 1.84 bits per heavy atom. The van der Waals surface area contributed by atoms with E-state index in [4.69, 9.17) is 27.9 Å². The molecule has 0 amide bonds. The molecule has 0 saturated heterocycles. The number of carbonyl (C=O) groups excluding carboxylic acids is 1. The Morgan fingerprint density at radius 1 is 1.11 bits per heavy atom. The Morgan fingerprint density at radius 3 is 2.42 bits per heavy atom. The van der Waals surface area contributed by atoms with Crippen molar-refractivity contribution in [2.24, 2.45) is 0 Å². The van der Waals surface area contributed by atoms with Crippen molar-refractivity contribution < 1.29 is 9.53 Å². The lowest BCUT2D eigenvalue weighted by atomic mass is 10.0. The molecule has 2 nitrogen and oxygen atoms in total. The first kappa shape index (κ1) is 13.9. The number of hydrogen-bond donors (Lipinski definition) is 0. The predicted octanol–water partition coefficient (Wildman–Crippen LogP) is 4.54. The van der Waals surface area contributed by atoms with Gasteiger partial charge in [0.1, 0.15) is 5.75 Å². The van der Waals surface area contributed by atoms with Crippen molar-refractivity contribution in [1.29, 1.82) is 0 Å². The third-order valence-corrected chi connectivity index (χ3v) is 3.26. The summed E-state index contributed by atoms with van der Waals surface area (Å²) in [4.78, 5) is 12.4. The molecule has 19 heavy (non-hydrogen) atoms. The van der Waals surface area contributed by atoms with Gasteiger partial charge in [-0.2, -0.15) is 0 Å². The molecule has 0 aliphatic rings. The zero-order chi connectivity index (χ0) is 14.0. The van der Waals surface area contributed by atoms with Crippen LogP contribution in [0.3, 0.4) is 0 Å².